The molecule has 2 aliphatic carbocycles. The zero-order chi connectivity index (χ0) is 11.4. The van der Waals surface area contributed by atoms with Crippen LogP contribution >= 0.6 is 0 Å². The molecule has 0 spiro atoms. The molecule has 0 saturated heterocycles. The smallest absolute Gasteiger partial charge is 0.192 e. The van der Waals surface area contributed by atoms with Gasteiger partial charge in [-0.2, -0.15) is 0 Å². The van der Waals surface area contributed by atoms with Crippen LogP contribution in [0.15, 0.2) is 0 Å². The lowest BCUT2D eigenvalue weighted by Gasteiger charge is -2.39. The molecule has 0 heterocycles. The maximum absolute atomic E-state index is 6.40. The highest BCUT2D eigenvalue weighted by Gasteiger charge is 2.55. The maximum Gasteiger partial charge on any atom is 0.192 e. The summed E-state index contributed by atoms with van der Waals surface area (Å²) in [6.07, 6.45) is 2.96. The minimum Gasteiger partial charge on any atom is -0.414 e. The quantitative estimate of drug-likeness (QED) is 0.736. The predicted octanol–water partition coefficient (Wildman–Crippen LogP) is 2.74. The summed E-state index contributed by atoms with van der Waals surface area (Å²) in [6, 6.07) is 0.504. The SMILES string of the molecule is CC(C)(C)[Si](C)(C)O[C@H]1C[C@@H]2[C@@H](N)[C@@H]2C1. The average molecular weight is 227 g/mol. The Hall–Kier alpha value is 0.137. The summed E-state index contributed by atoms with van der Waals surface area (Å²) >= 11 is 0. The summed E-state index contributed by atoms with van der Waals surface area (Å²) in [6.45, 7) is 11.6. The second-order valence-electron chi connectivity index (χ2n) is 6.88. The molecule has 0 amide bonds. The van der Waals surface area contributed by atoms with Gasteiger partial charge in [0.25, 0.3) is 0 Å². The highest BCUT2D eigenvalue weighted by Crippen LogP contribution is 2.53. The fourth-order valence-corrected chi connectivity index (χ4v) is 3.91. The van der Waals surface area contributed by atoms with Crippen molar-refractivity contribution >= 4 is 8.32 Å². The molecule has 2 fully saturated rings. The molecule has 2 rings (SSSR count). The largest absolute Gasteiger partial charge is 0.414 e. The molecule has 88 valence electrons. The van der Waals surface area contributed by atoms with Crippen LogP contribution < -0.4 is 5.73 Å². The van der Waals surface area contributed by atoms with Crippen molar-refractivity contribution < 1.29 is 4.43 Å². The molecule has 0 aromatic heterocycles. The van der Waals surface area contributed by atoms with E-state index in [-0.39, 0.29) is 0 Å². The van der Waals surface area contributed by atoms with Gasteiger partial charge in [0.1, 0.15) is 0 Å². The Morgan fingerprint density at radius 3 is 2.00 bits per heavy atom. The van der Waals surface area contributed by atoms with Crippen molar-refractivity contribution in [1.82, 2.24) is 0 Å². The van der Waals surface area contributed by atoms with Crippen LogP contribution in [0.1, 0.15) is 33.6 Å². The Bertz CT molecular complexity index is 247. The maximum atomic E-state index is 6.40. The van der Waals surface area contributed by atoms with Gasteiger partial charge < -0.3 is 10.2 Å². The second-order valence-corrected chi connectivity index (χ2v) is 11.6. The summed E-state index contributed by atoms with van der Waals surface area (Å²) in [4.78, 5) is 0. The fraction of sp³-hybridized carbons (Fsp3) is 1.00. The lowest BCUT2D eigenvalue weighted by molar-refractivity contribution is 0.171. The van der Waals surface area contributed by atoms with Gasteiger partial charge in [-0.3, -0.25) is 0 Å². The van der Waals surface area contributed by atoms with E-state index in [1.54, 1.807) is 0 Å². The summed E-state index contributed by atoms with van der Waals surface area (Å²) in [5.74, 6) is 1.58. The van der Waals surface area contributed by atoms with Crippen molar-refractivity contribution in [2.75, 3.05) is 0 Å². The van der Waals surface area contributed by atoms with Crippen molar-refractivity contribution in [2.45, 2.75) is 63.9 Å². The first kappa shape index (κ1) is 11.6. The number of hydrogen-bond donors (Lipinski definition) is 1. The number of fused-ring (bicyclic) bond motifs is 1. The van der Waals surface area contributed by atoms with Crippen LogP contribution in [0.3, 0.4) is 0 Å². The van der Waals surface area contributed by atoms with Gasteiger partial charge in [-0.1, -0.05) is 20.8 Å². The lowest BCUT2D eigenvalue weighted by atomic mass is 10.2. The molecular weight excluding hydrogens is 202 g/mol. The molecule has 0 aromatic carbocycles. The zero-order valence-electron chi connectivity index (χ0n) is 10.7. The van der Waals surface area contributed by atoms with E-state index in [1.807, 2.05) is 0 Å². The minimum absolute atomic E-state index is 0.335. The first-order valence-corrected chi connectivity index (χ1v) is 9.06. The van der Waals surface area contributed by atoms with E-state index in [2.05, 4.69) is 33.9 Å². The third kappa shape index (κ3) is 2.02. The first-order chi connectivity index (χ1) is 6.72. The summed E-state index contributed by atoms with van der Waals surface area (Å²) in [5, 5.41) is 0.335. The van der Waals surface area contributed by atoms with Gasteiger partial charge in [0, 0.05) is 12.1 Å². The van der Waals surface area contributed by atoms with Gasteiger partial charge >= 0.3 is 0 Å². The molecule has 2 saturated carbocycles. The van der Waals surface area contributed by atoms with Crippen molar-refractivity contribution in [3.63, 3.8) is 0 Å². The van der Waals surface area contributed by atoms with Crippen LogP contribution in [-0.4, -0.2) is 20.5 Å². The van der Waals surface area contributed by atoms with Crippen LogP contribution in [0.2, 0.25) is 18.1 Å². The van der Waals surface area contributed by atoms with Crippen LogP contribution in [0.4, 0.5) is 0 Å². The van der Waals surface area contributed by atoms with E-state index < -0.39 is 8.32 Å². The zero-order valence-corrected chi connectivity index (χ0v) is 11.7. The molecule has 0 aromatic rings. The van der Waals surface area contributed by atoms with Crippen LogP contribution in [0.5, 0.6) is 0 Å². The Morgan fingerprint density at radius 1 is 1.13 bits per heavy atom. The minimum atomic E-state index is -1.54. The van der Waals surface area contributed by atoms with E-state index >= 15 is 0 Å². The molecule has 2 aliphatic rings. The van der Waals surface area contributed by atoms with Crippen LogP contribution in [-0.2, 0) is 4.43 Å². The van der Waals surface area contributed by atoms with Crippen molar-refractivity contribution in [3.8, 4) is 0 Å². The van der Waals surface area contributed by atoms with Gasteiger partial charge in [-0.15, -0.1) is 0 Å². The number of hydrogen-bond acceptors (Lipinski definition) is 2. The van der Waals surface area contributed by atoms with Gasteiger partial charge in [-0.25, -0.2) is 0 Å². The first-order valence-electron chi connectivity index (χ1n) is 6.16. The van der Waals surface area contributed by atoms with Crippen molar-refractivity contribution in [2.24, 2.45) is 17.6 Å². The summed E-state index contributed by atoms with van der Waals surface area (Å²) < 4.78 is 6.40. The third-order valence-corrected chi connectivity index (χ3v) is 9.27. The Morgan fingerprint density at radius 2 is 1.60 bits per heavy atom. The standard InChI is InChI=1S/C12H25NOSi/c1-12(2,3)15(4,5)14-8-6-9-10(7-8)11(9)13/h8-11H,6-7,13H2,1-5H3/t8-,9-,10+,11+. The molecule has 0 aliphatic heterocycles. The molecular formula is C12H25NOSi. The molecule has 0 unspecified atom stereocenters. The van der Waals surface area contributed by atoms with Gasteiger partial charge in [-0.05, 0) is 42.8 Å². The topological polar surface area (TPSA) is 35.2 Å². The highest BCUT2D eigenvalue weighted by atomic mass is 28.4. The predicted molar refractivity (Wildman–Crippen MR) is 66.3 cm³/mol. The fourth-order valence-electron chi connectivity index (χ4n) is 2.53. The monoisotopic (exact) mass is 227 g/mol. The van der Waals surface area contributed by atoms with Gasteiger partial charge in [0.05, 0.1) is 0 Å². The molecule has 15 heavy (non-hydrogen) atoms. The molecule has 0 radical (unpaired) electrons. The number of nitrogens with two attached hydrogens (primary N) is 1. The van der Waals surface area contributed by atoms with E-state index in [1.165, 1.54) is 12.8 Å². The molecule has 3 heteroatoms. The highest BCUT2D eigenvalue weighted by molar-refractivity contribution is 6.74. The lowest BCUT2D eigenvalue weighted by Crippen LogP contribution is -2.44. The van der Waals surface area contributed by atoms with Gasteiger partial charge in [0.2, 0.25) is 0 Å². The second kappa shape index (κ2) is 3.31. The van der Waals surface area contributed by atoms with Crippen molar-refractivity contribution in [1.29, 1.82) is 0 Å². The van der Waals surface area contributed by atoms with Gasteiger partial charge in [0.15, 0.2) is 8.32 Å². The summed E-state index contributed by atoms with van der Waals surface area (Å²) in [5.41, 5.74) is 5.94. The Labute approximate surface area is 94.7 Å². The number of rotatable bonds is 2. The van der Waals surface area contributed by atoms with Crippen LogP contribution in [0.25, 0.3) is 0 Å². The van der Waals surface area contributed by atoms with Crippen LogP contribution in [0, 0.1) is 11.8 Å². The van der Waals surface area contributed by atoms with E-state index in [9.17, 15) is 0 Å². The average Bonchev–Trinajstić information content (AvgIpc) is 2.54. The van der Waals surface area contributed by atoms with E-state index in [4.69, 9.17) is 10.2 Å². The molecule has 0 bridgehead atoms. The van der Waals surface area contributed by atoms with E-state index in [0.717, 1.165) is 11.8 Å². The summed E-state index contributed by atoms with van der Waals surface area (Å²) in [7, 11) is -1.54. The van der Waals surface area contributed by atoms with Crippen molar-refractivity contribution in [3.05, 3.63) is 0 Å². The Kier molecular flexibility index (Phi) is 2.57. The van der Waals surface area contributed by atoms with E-state index in [0.29, 0.717) is 17.2 Å². The molecule has 2 N–H and O–H groups in total. The Balaban J connectivity index is 1.88. The molecule has 4 atom stereocenters. The normalized spacial score (nSPS) is 40.4. The third-order valence-electron chi connectivity index (χ3n) is 4.74. The molecule has 2 nitrogen and oxygen atoms in total.